The van der Waals surface area contributed by atoms with Gasteiger partial charge in [-0.15, -0.1) is 13.2 Å². The predicted molar refractivity (Wildman–Crippen MR) is 72.3 cm³/mol. The maximum absolute atomic E-state index is 12.2. The van der Waals surface area contributed by atoms with Crippen molar-refractivity contribution in [2.75, 3.05) is 18.6 Å². The third-order valence-corrected chi connectivity index (χ3v) is 5.16. The molecule has 1 saturated heterocycles. The molecule has 1 aromatic carbocycles. The van der Waals surface area contributed by atoms with E-state index in [0.29, 0.717) is 6.42 Å². The van der Waals surface area contributed by atoms with Gasteiger partial charge in [-0.2, -0.15) is 0 Å². The zero-order chi connectivity index (χ0) is 16.5. The van der Waals surface area contributed by atoms with Gasteiger partial charge in [0.25, 0.3) is 5.91 Å². The Kier molecular flexibility index (Phi) is 4.37. The molecule has 1 aliphatic rings. The van der Waals surface area contributed by atoms with Crippen LogP contribution in [0.25, 0.3) is 0 Å². The first kappa shape index (κ1) is 16.6. The zero-order valence-electron chi connectivity index (χ0n) is 11.6. The number of nitrogens with zero attached hydrogens (tertiary/aromatic N) is 1. The van der Waals surface area contributed by atoms with Crippen molar-refractivity contribution in [3.63, 3.8) is 0 Å². The molecule has 0 radical (unpaired) electrons. The molecule has 1 aromatic rings. The molecular weight excluding hydrogens is 323 g/mol. The van der Waals surface area contributed by atoms with Crippen LogP contribution in [0.3, 0.4) is 0 Å². The lowest BCUT2D eigenvalue weighted by molar-refractivity contribution is -0.274. The average Bonchev–Trinajstić information content (AvgIpc) is 2.76. The van der Waals surface area contributed by atoms with E-state index < -0.39 is 33.9 Å². The SMILES string of the molecule is CN(C(=O)c1ccc(OC(F)(F)F)cc1)C1CCS(=O)(=O)C1. The van der Waals surface area contributed by atoms with Gasteiger partial charge in [-0.3, -0.25) is 4.79 Å². The van der Waals surface area contributed by atoms with E-state index in [1.807, 2.05) is 0 Å². The molecule has 1 fully saturated rings. The average molecular weight is 337 g/mol. The summed E-state index contributed by atoms with van der Waals surface area (Å²) < 4.78 is 62.7. The van der Waals surface area contributed by atoms with Crippen molar-refractivity contribution in [1.29, 1.82) is 0 Å². The van der Waals surface area contributed by atoms with Crippen molar-refractivity contribution < 1.29 is 31.1 Å². The minimum Gasteiger partial charge on any atom is -0.406 e. The molecule has 1 amide bonds. The van der Waals surface area contributed by atoms with Gasteiger partial charge < -0.3 is 9.64 Å². The van der Waals surface area contributed by atoms with Crippen molar-refractivity contribution in [3.8, 4) is 5.75 Å². The van der Waals surface area contributed by atoms with E-state index in [1.54, 1.807) is 0 Å². The Morgan fingerprint density at radius 3 is 2.32 bits per heavy atom. The number of rotatable bonds is 3. The Labute approximate surface area is 125 Å². The molecule has 0 aromatic heterocycles. The lowest BCUT2D eigenvalue weighted by Gasteiger charge is -2.23. The molecule has 1 unspecified atom stereocenters. The fourth-order valence-electron chi connectivity index (χ4n) is 2.25. The standard InChI is InChI=1S/C13H14F3NO4S/c1-17(10-6-7-22(19,20)8-10)12(18)9-2-4-11(5-3-9)21-13(14,15)16/h2-5,10H,6-8H2,1H3. The maximum Gasteiger partial charge on any atom is 0.573 e. The Morgan fingerprint density at radius 2 is 1.86 bits per heavy atom. The Hall–Kier alpha value is -1.77. The van der Waals surface area contributed by atoms with Crippen LogP contribution >= 0.6 is 0 Å². The van der Waals surface area contributed by atoms with Crippen LogP contribution in [-0.2, 0) is 9.84 Å². The summed E-state index contributed by atoms with van der Waals surface area (Å²) in [4.78, 5) is 13.5. The number of carbonyl (C=O) groups excluding carboxylic acids is 1. The fourth-order valence-corrected chi connectivity index (χ4v) is 4.02. The monoisotopic (exact) mass is 337 g/mol. The summed E-state index contributed by atoms with van der Waals surface area (Å²) in [6, 6.07) is 4.09. The molecule has 0 N–H and O–H groups in total. The van der Waals surface area contributed by atoms with Crippen LogP contribution in [0, 0.1) is 0 Å². The summed E-state index contributed by atoms with van der Waals surface area (Å²) in [5.41, 5.74) is 0.168. The van der Waals surface area contributed by atoms with E-state index in [2.05, 4.69) is 4.74 Å². The van der Waals surface area contributed by atoms with E-state index >= 15 is 0 Å². The first-order valence-electron chi connectivity index (χ1n) is 6.41. The van der Waals surface area contributed by atoms with Crippen LogP contribution in [0.5, 0.6) is 5.75 Å². The van der Waals surface area contributed by atoms with E-state index in [0.717, 1.165) is 12.1 Å². The first-order valence-corrected chi connectivity index (χ1v) is 8.23. The molecule has 1 atom stereocenters. The number of carbonyl (C=O) groups is 1. The van der Waals surface area contributed by atoms with Crippen LogP contribution in [0.4, 0.5) is 13.2 Å². The van der Waals surface area contributed by atoms with Crippen molar-refractivity contribution >= 4 is 15.7 Å². The van der Waals surface area contributed by atoms with Gasteiger partial charge in [0, 0.05) is 18.7 Å². The van der Waals surface area contributed by atoms with Crippen molar-refractivity contribution in [2.24, 2.45) is 0 Å². The number of ether oxygens (including phenoxy) is 1. The third-order valence-electron chi connectivity index (χ3n) is 3.41. The first-order chi connectivity index (χ1) is 10.1. The summed E-state index contributed by atoms with van der Waals surface area (Å²) in [5, 5.41) is 0. The molecule has 0 spiro atoms. The second-order valence-electron chi connectivity index (χ2n) is 5.05. The van der Waals surface area contributed by atoms with Crippen molar-refractivity contribution in [1.82, 2.24) is 4.90 Å². The highest BCUT2D eigenvalue weighted by atomic mass is 32.2. The van der Waals surface area contributed by atoms with E-state index in [9.17, 15) is 26.4 Å². The number of hydrogen-bond acceptors (Lipinski definition) is 4. The third kappa shape index (κ3) is 4.12. The molecule has 1 aliphatic heterocycles. The molecular formula is C13H14F3NO4S. The largest absolute Gasteiger partial charge is 0.573 e. The van der Waals surface area contributed by atoms with E-state index in [1.165, 1.54) is 24.1 Å². The molecule has 1 heterocycles. The highest BCUT2D eigenvalue weighted by Crippen LogP contribution is 2.24. The molecule has 22 heavy (non-hydrogen) atoms. The van der Waals surface area contributed by atoms with Gasteiger partial charge in [-0.25, -0.2) is 8.42 Å². The minimum atomic E-state index is -4.79. The highest BCUT2D eigenvalue weighted by molar-refractivity contribution is 7.91. The Morgan fingerprint density at radius 1 is 1.27 bits per heavy atom. The summed E-state index contributed by atoms with van der Waals surface area (Å²) in [6.07, 6.45) is -4.43. The smallest absolute Gasteiger partial charge is 0.406 e. The van der Waals surface area contributed by atoms with E-state index in [4.69, 9.17) is 0 Å². The summed E-state index contributed by atoms with van der Waals surface area (Å²) in [6.45, 7) is 0. The summed E-state index contributed by atoms with van der Waals surface area (Å²) >= 11 is 0. The number of amides is 1. The number of halogens is 3. The van der Waals surface area contributed by atoms with Gasteiger partial charge >= 0.3 is 6.36 Å². The molecule has 122 valence electrons. The van der Waals surface area contributed by atoms with Gasteiger partial charge in [0.2, 0.25) is 0 Å². The summed E-state index contributed by atoms with van der Waals surface area (Å²) in [7, 11) is -1.64. The molecule has 0 aliphatic carbocycles. The number of sulfone groups is 1. The minimum absolute atomic E-state index is 0.0354. The lowest BCUT2D eigenvalue weighted by Crippen LogP contribution is -2.37. The molecule has 0 bridgehead atoms. The number of alkyl halides is 3. The normalized spacial score (nSPS) is 20.6. The summed E-state index contributed by atoms with van der Waals surface area (Å²) in [5.74, 6) is -0.922. The quantitative estimate of drug-likeness (QED) is 0.844. The second-order valence-corrected chi connectivity index (χ2v) is 7.27. The van der Waals surface area contributed by atoms with Gasteiger partial charge in [-0.05, 0) is 30.7 Å². The van der Waals surface area contributed by atoms with Crippen LogP contribution in [0.15, 0.2) is 24.3 Å². The van der Waals surface area contributed by atoms with E-state index in [-0.39, 0.29) is 17.1 Å². The second kappa shape index (κ2) is 5.79. The van der Waals surface area contributed by atoms with Crippen LogP contribution < -0.4 is 4.74 Å². The van der Waals surface area contributed by atoms with Gasteiger partial charge in [0.05, 0.1) is 11.5 Å². The fraction of sp³-hybridized carbons (Fsp3) is 0.462. The van der Waals surface area contributed by atoms with Crippen LogP contribution in [0.2, 0.25) is 0 Å². The topological polar surface area (TPSA) is 63.7 Å². The van der Waals surface area contributed by atoms with Gasteiger partial charge in [-0.1, -0.05) is 0 Å². The van der Waals surface area contributed by atoms with Crippen molar-refractivity contribution in [3.05, 3.63) is 29.8 Å². The maximum atomic E-state index is 12.2. The number of hydrogen-bond donors (Lipinski definition) is 0. The van der Waals surface area contributed by atoms with Crippen molar-refractivity contribution in [2.45, 2.75) is 18.8 Å². The van der Waals surface area contributed by atoms with Gasteiger partial charge in [0.1, 0.15) is 5.75 Å². The van der Waals surface area contributed by atoms with Gasteiger partial charge in [0.15, 0.2) is 9.84 Å². The predicted octanol–water partition coefficient (Wildman–Crippen LogP) is 1.84. The van der Waals surface area contributed by atoms with Crippen LogP contribution in [0.1, 0.15) is 16.8 Å². The molecule has 9 heteroatoms. The zero-order valence-corrected chi connectivity index (χ0v) is 12.4. The molecule has 2 rings (SSSR count). The Balaban J connectivity index is 2.06. The lowest BCUT2D eigenvalue weighted by atomic mass is 10.1. The van der Waals surface area contributed by atoms with Crippen LogP contribution in [-0.4, -0.2) is 50.2 Å². The highest BCUT2D eigenvalue weighted by Gasteiger charge is 2.33. The molecule has 0 saturated carbocycles. The molecule has 5 nitrogen and oxygen atoms in total. The Bertz CT molecular complexity index is 655. The number of benzene rings is 1.